The first-order chi connectivity index (χ1) is 9.43. The van der Waals surface area contributed by atoms with E-state index in [4.69, 9.17) is 11.6 Å². The van der Waals surface area contributed by atoms with Crippen LogP contribution in [0.5, 0.6) is 0 Å². The lowest BCUT2D eigenvalue weighted by Gasteiger charge is -2.10. The Balaban J connectivity index is 2.67. The lowest BCUT2D eigenvalue weighted by Crippen LogP contribution is -2.24. The van der Waals surface area contributed by atoms with Crippen LogP contribution < -0.4 is 5.43 Å². The molecule has 0 fully saturated rings. The molecule has 1 heterocycles. The fourth-order valence-electron chi connectivity index (χ4n) is 1.63. The number of nitrogens with zero attached hydrogens (tertiary/aromatic N) is 2. The van der Waals surface area contributed by atoms with E-state index in [-0.39, 0.29) is 5.69 Å². The minimum Gasteiger partial charge on any atom is -0.464 e. The Morgan fingerprint density at radius 3 is 2.75 bits per heavy atom. The lowest BCUT2D eigenvalue weighted by atomic mass is 10.2. The third-order valence-corrected chi connectivity index (χ3v) is 3.43. The summed E-state index contributed by atoms with van der Waals surface area (Å²) in [6.07, 6.45) is 1.52. The largest absolute Gasteiger partial charge is 0.464 e. The normalized spacial score (nSPS) is 10.4. The smallest absolute Gasteiger partial charge is 0.362 e. The number of benzene rings is 1. The molecule has 1 aromatic carbocycles. The Kier molecular flexibility index (Phi) is 4.25. The van der Waals surface area contributed by atoms with Crippen molar-refractivity contribution in [3.63, 3.8) is 0 Å². The highest BCUT2D eigenvalue weighted by Gasteiger charge is 2.16. The molecule has 0 radical (unpaired) electrons. The summed E-state index contributed by atoms with van der Waals surface area (Å²) >= 11 is 9.44. The number of ether oxygens (including phenoxy) is 1. The molecule has 7 heteroatoms. The quantitative estimate of drug-likeness (QED) is 0.775. The Bertz CT molecular complexity index is 743. The number of esters is 1. The number of hydrogen-bond donors (Lipinski definition) is 0. The topological polar surface area (TPSA) is 61.2 Å². The van der Waals surface area contributed by atoms with E-state index >= 15 is 0 Å². The van der Waals surface area contributed by atoms with Crippen molar-refractivity contribution in [1.29, 1.82) is 0 Å². The molecule has 0 aliphatic carbocycles. The molecule has 2 aromatic rings. The van der Waals surface area contributed by atoms with Gasteiger partial charge in [-0.2, -0.15) is 5.10 Å². The van der Waals surface area contributed by atoms with E-state index in [0.29, 0.717) is 16.3 Å². The molecule has 0 aliphatic rings. The van der Waals surface area contributed by atoms with Crippen molar-refractivity contribution in [1.82, 2.24) is 9.78 Å². The fraction of sp³-hybridized carbons (Fsp3) is 0.154. The highest BCUT2D eigenvalue weighted by molar-refractivity contribution is 9.10. The fourth-order valence-corrected chi connectivity index (χ4v) is 2.39. The predicted octanol–water partition coefficient (Wildman–Crippen LogP) is 2.74. The average Bonchev–Trinajstić information content (AvgIpc) is 2.41. The lowest BCUT2D eigenvalue weighted by molar-refractivity contribution is 0.0590. The van der Waals surface area contributed by atoms with Gasteiger partial charge in [0.05, 0.1) is 17.8 Å². The molecule has 0 amide bonds. The van der Waals surface area contributed by atoms with Gasteiger partial charge in [0.1, 0.15) is 0 Å². The van der Waals surface area contributed by atoms with Crippen LogP contribution in [0.3, 0.4) is 0 Å². The minimum absolute atomic E-state index is 0.272. The molecule has 20 heavy (non-hydrogen) atoms. The van der Waals surface area contributed by atoms with Crippen LogP contribution in [-0.2, 0) is 4.74 Å². The number of hydrogen-bond acceptors (Lipinski definition) is 4. The second-order valence-electron chi connectivity index (χ2n) is 4.02. The molecule has 0 saturated heterocycles. The summed E-state index contributed by atoms with van der Waals surface area (Å²) < 4.78 is 6.76. The monoisotopic (exact) mass is 356 g/mol. The molecule has 0 spiro atoms. The molecule has 0 N–H and O–H groups in total. The van der Waals surface area contributed by atoms with Crippen molar-refractivity contribution in [3.8, 4) is 5.69 Å². The Hall–Kier alpha value is -1.66. The summed E-state index contributed by atoms with van der Waals surface area (Å²) in [5.74, 6) is -0.777. The maximum absolute atomic E-state index is 11.9. The van der Waals surface area contributed by atoms with Gasteiger partial charge in [-0.3, -0.25) is 4.79 Å². The summed E-state index contributed by atoms with van der Waals surface area (Å²) in [6.45, 7) is 1.60. The summed E-state index contributed by atoms with van der Waals surface area (Å²) in [7, 11) is 1.20. The molecule has 0 unspecified atom stereocenters. The number of rotatable bonds is 2. The molecule has 0 aliphatic heterocycles. The summed E-state index contributed by atoms with van der Waals surface area (Å²) in [6, 6.07) is 5.21. The number of aromatic nitrogens is 2. The average molecular weight is 358 g/mol. The van der Waals surface area contributed by atoms with Crippen LogP contribution in [0.25, 0.3) is 5.69 Å². The highest BCUT2D eigenvalue weighted by Crippen LogP contribution is 2.24. The van der Waals surface area contributed by atoms with E-state index < -0.39 is 11.4 Å². The highest BCUT2D eigenvalue weighted by atomic mass is 79.9. The second kappa shape index (κ2) is 5.76. The molecular formula is C13H10BrClN2O3. The SMILES string of the molecule is COC(=O)c1nn(-c2ccc(Br)cc2Cl)cc(C)c1=O. The van der Waals surface area contributed by atoms with Crippen molar-refractivity contribution >= 4 is 33.5 Å². The van der Waals surface area contributed by atoms with Gasteiger partial charge < -0.3 is 4.74 Å². The third kappa shape index (κ3) is 2.76. The van der Waals surface area contributed by atoms with Gasteiger partial charge in [-0.05, 0) is 25.1 Å². The number of halogens is 2. The Labute approximate surface area is 128 Å². The van der Waals surface area contributed by atoms with Gasteiger partial charge in [-0.1, -0.05) is 27.5 Å². The van der Waals surface area contributed by atoms with E-state index in [1.165, 1.54) is 18.0 Å². The van der Waals surface area contributed by atoms with Crippen molar-refractivity contribution in [2.24, 2.45) is 0 Å². The van der Waals surface area contributed by atoms with Gasteiger partial charge >= 0.3 is 5.97 Å². The van der Waals surface area contributed by atoms with Crippen molar-refractivity contribution in [2.45, 2.75) is 6.92 Å². The van der Waals surface area contributed by atoms with E-state index in [0.717, 1.165) is 4.47 Å². The van der Waals surface area contributed by atoms with Crippen LogP contribution in [0.1, 0.15) is 16.1 Å². The molecule has 1 aromatic heterocycles. The zero-order valence-corrected chi connectivity index (χ0v) is 13.0. The summed E-state index contributed by atoms with van der Waals surface area (Å²) in [5.41, 5.74) is 0.204. The number of methoxy groups -OCH3 is 1. The van der Waals surface area contributed by atoms with E-state index in [1.54, 1.807) is 25.1 Å². The summed E-state index contributed by atoms with van der Waals surface area (Å²) in [4.78, 5) is 23.4. The molecular weight excluding hydrogens is 348 g/mol. The van der Waals surface area contributed by atoms with Crippen LogP contribution in [0, 0.1) is 6.92 Å². The molecule has 0 saturated carbocycles. The first kappa shape index (κ1) is 14.7. The van der Waals surface area contributed by atoms with Gasteiger partial charge in [-0.15, -0.1) is 0 Å². The maximum atomic E-state index is 11.9. The van der Waals surface area contributed by atoms with Crippen LogP contribution in [0.15, 0.2) is 33.7 Å². The minimum atomic E-state index is -0.777. The van der Waals surface area contributed by atoms with Gasteiger partial charge in [0, 0.05) is 16.2 Å². The van der Waals surface area contributed by atoms with Gasteiger partial charge in [0.2, 0.25) is 11.1 Å². The van der Waals surface area contributed by atoms with Gasteiger partial charge in [0.25, 0.3) is 0 Å². The standard InChI is InChI=1S/C13H10BrClN2O3/c1-7-6-17(10-4-3-8(14)5-9(10)15)16-11(12(7)18)13(19)20-2/h3-6H,1-2H3. The molecule has 0 bridgehead atoms. The molecule has 5 nitrogen and oxygen atoms in total. The third-order valence-electron chi connectivity index (χ3n) is 2.63. The first-order valence-corrected chi connectivity index (χ1v) is 6.75. The number of carbonyl (C=O) groups excluding carboxylic acids is 1. The second-order valence-corrected chi connectivity index (χ2v) is 5.34. The summed E-state index contributed by atoms with van der Waals surface area (Å²) in [5, 5.41) is 4.43. The zero-order chi connectivity index (χ0) is 14.9. The molecule has 0 atom stereocenters. The van der Waals surface area contributed by atoms with Crippen LogP contribution in [-0.4, -0.2) is 22.9 Å². The predicted molar refractivity (Wildman–Crippen MR) is 78.6 cm³/mol. The number of aryl methyl sites for hydroxylation is 1. The Morgan fingerprint density at radius 2 is 2.15 bits per heavy atom. The van der Waals surface area contributed by atoms with E-state index in [9.17, 15) is 9.59 Å². The number of carbonyl (C=O) groups is 1. The Morgan fingerprint density at radius 1 is 1.45 bits per heavy atom. The molecule has 104 valence electrons. The van der Waals surface area contributed by atoms with Crippen molar-refractivity contribution in [3.05, 3.63) is 55.4 Å². The van der Waals surface area contributed by atoms with Crippen LogP contribution in [0.2, 0.25) is 5.02 Å². The van der Waals surface area contributed by atoms with Crippen molar-refractivity contribution in [2.75, 3.05) is 7.11 Å². The van der Waals surface area contributed by atoms with Gasteiger partial charge in [0.15, 0.2) is 0 Å². The first-order valence-electron chi connectivity index (χ1n) is 5.58. The van der Waals surface area contributed by atoms with Crippen LogP contribution >= 0.6 is 27.5 Å². The van der Waals surface area contributed by atoms with Crippen LogP contribution in [0.4, 0.5) is 0 Å². The van der Waals surface area contributed by atoms with Crippen molar-refractivity contribution < 1.29 is 9.53 Å². The molecule has 2 rings (SSSR count). The van der Waals surface area contributed by atoms with E-state index in [2.05, 4.69) is 25.8 Å². The zero-order valence-electron chi connectivity index (χ0n) is 10.7. The maximum Gasteiger partial charge on any atom is 0.362 e. The van der Waals surface area contributed by atoms with Gasteiger partial charge in [-0.25, -0.2) is 9.48 Å². The van der Waals surface area contributed by atoms with E-state index in [1.807, 2.05) is 0 Å².